The SMILES string of the molecule is CC[C@@H](C)c1ccc(NC(=O)c2cc([N+](=O)[O-])cc([N+](=O)[O-])c2)cc1. The van der Waals surface area contributed by atoms with Gasteiger partial charge in [-0.3, -0.25) is 25.0 Å². The topological polar surface area (TPSA) is 115 Å². The van der Waals surface area contributed by atoms with Crippen LogP contribution in [0.2, 0.25) is 0 Å². The summed E-state index contributed by atoms with van der Waals surface area (Å²) in [6, 6.07) is 10.1. The molecular formula is C17H17N3O5. The van der Waals surface area contributed by atoms with Crippen LogP contribution in [-0.2, 0) is 0 Å². The van der Waals surface area contributed by atoms with Crippen LogP contribution in [0.25, 0.3) is 0 Å². The van der Waals surface area contributed by atoms with Gasteiger partial charge in [0.05, 0.1) is 21.5 Å². The number of hydrogen-bond acceptors (Lipinski definition) is 5. The van der Waals surface area contributed by atoms with Crippen LogP contribution in [-0.4, -0.2) is 15.8 Å². The largest absolute Gasteiger partial charge is 0.322 e. The average Bonchev–Trinajstić information content (AvgIpc) is 2.61. The van der Waals surface area contributed by atoms with Crippen molar-refractivity contribution >= 4 is 23.0 Å². The van der Waals surface area contributed by atoms with Crippen molar-refractivity contribution in [3.05, 3.63) is 73.8 Å². The van der Waals surface area contributed by atoms with Crippen LogP contribution in [0.4, 0.5) is 17.1 Å². The maximum Gasteiger partial charge on any atom is 0.277 e. The van der Waals surface area contributed by atoms with E-state index in [0.29, 0.717) is 11.6 Å². The van der Waals surface area contributed by atoms with Crippen molar-refractivity contribution in [3.63, 3.8) is 0 Å². The first-order valence-corrected chi connectivity index (χ1v) is 7.67. The molecule has 0 saturated carbocycles. The van der Waals surface area contributed by atoms with Crippen LogP contribution in [0, 0.1) is 20.2 Å². The third kappa shape index (κ3) is 4.37. The molecule has 0 saturated heterocycles. The molecule has 0 aliphatic rings. The molecular weight excluding hydrogens is 326 g/mol. The number of nitro groups is 2. The zero-order chi connectivity index (χ0) is 18.6. The molecule has 8 nitrogen and oxygen atoms in total. The van der Waals surface area contributed by atoms with E-state index in [2.05, 4.69) is 19.2 Å². The van der Waals surface area contributed by atoms with E-state index in [1.165, 1.54) is 0 Å². The first kappa shape index (κ1) is 18.1. The Balaban J connectivity index is 2.25. The second-order valence-electron chi connectivity index (χ2n) is 5.64. The van der Waals surface area contributed by atoms with Gasteiger partial charge in [-0.05, 0) is 30.0 Å². The predicted molar refractivity (Wildman–Crippen MR) is 92.9 cm³/mol. The van der Waals surface area contributed by atoms with Crippen molar-refractivity contribution in [2.75, 3.05) is 5.32 Å². The van der Waals surface area contributed by atoms with Gasteiger partial charge < -0.3 is 5.32 Å². The highest BCUT2D eigenvalue weighted by atomic mass is 16.6. The lowest BCUT2D eigenvalue weighted by molar-refractivity contribution is -0.394. The third-order valence-electron chi connectivity index (χ3n) is 3.94. The van der Waals surface area contributed by atoms with Crippen molar-refractivity contribution in [3.8, 4) is 0 Å². The quantitative estimate of drug-likeness (QED) is 0.621. The Labute approximate surface area is 143 Å². The second-order valence-corrected chi connectivity index (χ2v) is 5.64. The molecule has 8 heteroatoms. The lowest BCUT2D eigenvalue weighted by atomic mass is 9.98. The molecule has 0 heterocycles. The summed E-state index contributed by atoms with van der Waals surface area (Å²) in [6.45, 7) is 4.17. The number of nitro benzene ring substituents is 2. The lowest BCUT2D eigenvalue weighted by Crippen LogP contribution is -2.12. The van der Waals surface area contributed by atoms with Crippen molar-refractivity contribution in [2.24, 2.45) is 0 Å². The molecule has 130 valence electrons. The molecule has 1 N–H and O–H groups in total. The molecule has 2 aromatic carbocycles. The maximum absolute atomic E-state index is 12.3. The summed E-state index contributed by atoms with van der Waals surface area (Å²) in [5, 5.41) is 24.4. The molecule has 0 spiro atoms. The van der Waals surface area contributed by atoms with Gasteiger partial charge in [-0.1, -0.05) is 26.0 Å². The van der Waals surface area contributed by atoms with Crippen molar-refractivity contribution < 1.29 is 14.6 Å². The molecule has 1 atom stereocenters. The Hall–Kier alpha value is -3.29. The minimum Gasteiger partial charge on any atom is -0.322 e. The summed E-state index contributed by atoms with van der Waals surface area (Å²) in [5.74, 6) is -0.257. The Kier molecular flexibility index (Phi) is 5.43. The van der Waals surface area contributed by atoms with Crippen molar-refractivity contribution in [1.82, 2.24) is 0 Å². The van der Waals surface area contributed by atoms with Gasteiger partial charge in [0.15, 0.2) is 0 Å². The fraction of sp³-hybridized carbons (Fsp3) is 0.235. The molecule has 0 aromatic heterocycles. The number of nitrogens with one attached hydrogen (secondary N) is 1. The minimum atomic E-state index is -0.773. The van der Waals surface area contributed by atoms with E-state index in [1.807, 2.05) is 12.1 Å². The predicted octanol–water partition coefficient (Wildman–Crippen LogP) is 4.27. The highest BCUT2D eigenvalue weighted by molar-refractivity contribution is 6.05. The van der Waals surface area contributed by atoms with Crippen molar-refractivity contribution in [1.29, 1.82) is 0 Å². The van der Waals surface area contributed by atoms with Gasteiger partial charge in [0.1, 0.15) is 0 Å². The molecule has 1 amide bonds. The summed E-state index contributed by atoms with van der Waals surface area (Å²) in [6.07, 6.45) is 0.989. The van der Waals surface area contributed by atoms with E-state index in [4.69, 9.17) is 0 Å². The summed E-state index contributed by atoms with van der Waals surface area (Å²) >= 11 is 0. The van der Waals surface area contributed by atoms with E-state index in [0.717, 1.165) is 30.2 Å². The van der Waals surface area contributed by atoms with Crippen LogP contribution in [0.3, 0.4) is 0 Å². The molecule has 0 bridgehead atoms. The summed E-state index contributed by atoms with van der Waals surface area (Å²) in [4.78, 5) is 32.5. The number of carbonyl (C=O) groups excluding carboxylic acids is 1. The average molecular weight is 343 g/mol. The van der Waals surface area contributed by atoms with Gasteiger partial charge in [-0.15, -0.1) is 0 Å². The van der Waals surface area contributed by atoms with E-state index in [9.17, 15) is 25.0 Å². The Bertz CT molecular complexity index is 785. The van der Waals surface area contributed by atoms with Gasteiger partial charge >= 0.3 is 0 Å². The normalized spacial score (nSPS) is 11.6. The van der Waals surface area contributed by atoms with Gasteiger partial charge in [0.2, 0.25) is 0 Å². The maximum atomic E-state index is 12.3. The fourth-order valence-electron chi connectivity index (χ4n) is 2.27. The van der Waals surface area contributed by atoms with Gasteiger partial charge in [0, 0.05) is 17.8 Å². The van der Waals surface area contributed by atoms with Crippen LogP contribution in [0.1, 0.15) is 42.1 Å². The monoisotopic (exact) mass is 343 g/mol. The summed E-state index contributed by atoms with van der Waals surface area (Å²) in [7, 11) is 0. The Morgan fingerprint density at radius 2 is 1.56 bits per heavy atom. The standard InChI is InChI=1S/C17H17N3O5/c1-3-11(2)12-4-6-14(7-5-12)18-17(21)13-8-15(19(22)23)10-16(9-13)20(24)25/h4-11H,3H2,1-2H3,(H,18,21)/t11-/m1/s1. The molecule has 0 aliphatic heterocycles. The number of nitrogens with zero attached hydrogens (tertiary/aromatic N) is 2. The van der Waals surface area contributed by atoms with E-state index >= 15 is 0 Å². The third-order valence-corrected chi connectivity index (χ3v) is 3.94. The molecule has 2 rings (SSSR count). The highest BCUT2D eigenvalue weighted by Crippen LogP contribution is 2.24. The van der Waals surface area contributed by atoms with Gasteiger partial charge in [-0.25, -0.2) is 0 Å². The second kappa shape index (κ2) is 7.52. The van der Waals surface area contributed by atoms with E-state index < -0.39 is 27.1 Å². The number of benzene rings is 2. The van der Waals surface area contributed by atoms with Gasteiger partial charge in [0.25, 0.3) is 17.3 Å². The number of amides is 1. The fourth-order valence-corrected chi connectivity index (χ4v) is 2.27. The van der Waals surface area contributed by atoms with E-state index in [-0.39, 0.29) is 5.56 Å². The number of carbonyl (C=O) groups is 1. The molecule has 0 unspecified atom stereocenters. The number of anilines is 1. The molecule has 25 heavy (non-hydrogen) atoms. The van der Waals surface area contributed by atoms with Crippen molar-refractivity contribution in [2.45, 2.75) is 26.2 Å². The first-order valence-electron chi connectivity index (χ1n) is 7.67. The highest BCUT2D eigenvalue weighted by Gasteiger charge is 2.20. The summed E-state index contributed by atoms with van der Waals surface area (Å²) in [5.41, 5.74) is 0.475. The zero-order valence-corrected chi connectivity index (χ0v) is 13.8. The summed E-state index contributed by atoms with van der Waals surface area (Å²) < 4.78 is 0. The molecule has 0 radical (unpaired) electrons. The Morgan fingerprint density at radius 1 is 1.04 bits per heavy atom. The minimum absolute atomic E-state index is 0.146. The first-order chi connectivity index (χ1) is 11.8. The number of hydrogen-bond donors (Lipinski definition) is 1. The molecule has 0 fully saturated rings. The molecule has 2 aromatic rings. The van der Waals surface area contributed by atoms with Crippen LogP contribution >= 0.6 is 0 Å². The Morgan fingerprint density at radius 3 is 2.00 bits per heavy atom. The van der Waals surface area contributed by atoms with Crippen LogP contribution in [0.5, 0.6) is 0 Å². The number of rotatable bonds is 6. The van der Waals surface area contributed by atoms with E-state index in [1.54, 1.807) is 12.1 Å². The number of non-ortho nitro benzene ring substituents is 2. The van der Waals surface area contributed by atoms with Gasteiger partial charge in [-0.2, -0.15) is 0 Å². The van der Waals surface area contributed by atoms with Crippen LogP contribution in [0.15, 0.2) is 42.5 Å². The lowest BCUT2D eigenvalue weighted by Gasteiger charge is -2.10. The molecule has 0 aliphatic carbocycles. The zero-order valence-electron chi connectivity index (χ0n) is 13.8. The van der Waals surface area contributed by atoms with Crippen LogP contribution < -0.4 is 5.32 Å². The smallest absolute Gasteiger partial charge is 0.277 e.